The van der Waals surface area contributed by atoms with Crippen molar-refractivity contribution < 1.29 is 14.7 Å². The number of aliphatic hydroxyl groups excluding tert-OH is 1. The number of amides is 1. The Labute approximate surface area is 157 Å². The lowest BCUT2D eigenvalue weighted by molar-refractivity contribution is 0.0167. The molecule has 2 rings (SSSR count). The number of hydroxylamine groups is 1. The van der Waals surface area contributed by atoms with E-state index in [-0.39, 0.29) is 24.6 Å². The van der Waals surface area contributed by atoms with Crippen molar-refractivity contribution in [3.8, 4) is 0 Å². The highest BCUT2D eigenvalue weighted by atomic mass is 79.9. The first kappa shape index (κ1) is 19.9. The van der Waals surface area contributed by atoms with Crippen molar-refractivity contribution in [2.45, 2.75) is 6.92 Å². The fraction of sp³-hybridized carbons (Fsp3) is 0.312. The van der Waals surface area contributed by atoms with Gasteiger partial charge in [0.1, 0.15) is 11.4 Å². The van der Waals surface area contributed by atoms with E-state index in [0.717, 1.165) is 14.6 Å². The fourth-order valence-electron chi connectivity index (χ4n) is 2.30. The van der Waals surface area contributed by atoms with Gasteiger partial charge < -0.3 is 10.4 Å². The van der Waals surface area contributed by atoms with Gasteiger partial charge in [-0.15, -0.1) is 0 Å². The third kappa shape index (κ3) is 4.03. The molecule has 1 amide bonds. The Morgan fingerprint density at radius 2 is 1.96 bits per heavy atom. The molecule has 0 fully saturated rings. The number of nitrogens with one attached hydrogen (secondary N) is 2. The van der Waals surface area contributed by atoms with E-state index in [1.54, 1.807) is 12.1 Å². The Kier molecular flexibility index (Phi) is 6.35. The second-order valence-corrected chi connectivity index (χ2v) is 6.43. The van der Waals surface area contributed by atoms with E-state index >= 15 is 0 Å². The number of aromatic nitrogens is 2. The highest BCUT2D eigenvalue weighted by Gasteiger charge is 2.23. The van der Waals surface area contributed by atoms with Gasteiger partial charge in [0.15, 0.2) is 0 Å². The molecule has 0 atom stereocenters. The standard InChI is InChI=1S/C16H19BrN4O5/c1-9-8-10(17)4-5-11(9)18-13-12(14(23)19-26-7-6-22)15(24)21(3)16(25)20(13)2/h4-5,8,18,22H,6-7H2,1-3H3,(H,19,23). The maximum atomic E-state index is 12.5. The predicted molar refractivity (Wildman–Crippen MR) is 99.6 cm³/mol. The molecule has 0 bridgehead atoms. The van der Waals surface area contributed by atoms with Crippen molar-refractivity contribution in [3.05, 3.63) is 54.6 Å². The van der Waals surface area contributed by atoms with Crippen LogP contribution in [0.3, 0.4) is 0 Å². The van der Waals surface area contributed by atoms with Crippen molar-refractivity contribution >= 4 is 33.3 Å². The minimum absolute atomic E-state index is 0.0358. The lowest BCUT2D eigenvalue weighted by Crippen LogP contribution is -2.43. The highest BCUT2D eigenvalue weighted by molar-refractivity contribution is 9.10. The van der Waals surface area contributed by atoms with Gasteiger partial charge in [-0.25, -0.2) is 10.3 Å². The third-order valence-corrected chi connectivity index (χ3v) is 4.18. The predicted octanol–water partition coefficient (Wildman–Crippen LogP) is 0.552. The van der Waals surface area contributed by atoms with Gasteiger partial charge in [-0.1, -0.05) is 15.9 Å². The topological polar surface area (TPSA) is 115 Å². The van der Waals surface area contributed by atoms with Crippen LogP contribution in [-0.4, -0.2) is 33.4 Å². The van der Waals surface area contributed by atoms with Crippen LogP contribution in [0.5, 0.6) is 0 Å². The first-order chi connectivity index (χ1) is 12.3. The smallest absolute Gasteiger partial charge is 0.332 e. The van der Waals surface area contributed by atoms with Crippen LogP contribution in [0.1, 0.15) is 15.9 Å². The molecule has 0 aliphatic carbocycles. The number of aryl methyl sites for hydroxylation is 1. The molecule has 1 aromatic carbocycles. The molecule has 0 aliphatic rings. The van der Waals surface area contributed by atoms with Crippen LogP contribution in [0.2, 0.25) is 0 Å². The summed E-state index contributed by atoms with van der Waals surface area (Å²) in [5.74, 6) is -0.791. The Balaban J connectivity index is 2.57. The second-order valence-electron chi connectivity index (χ2n) is 5.52. The van der Waals surface area contributed by atoms with Crippen LogP contribution in [-0.2, 0) is 18.9 Å². The average Bonchev–Trinajstić information content (AvgIpc) is 2.60. The Bertz CT molecular complexity index is 951. The monoisotopic (exact) mass is 426 g/mol. The van der Waals surface area contributed by atoms with Gasteiger partial charge in [0, 0.05) is 24.3 Å². The zero-order valence-electron chi connectivity index (χ0n) is 14.5. The van der Waals surface area contributed by atoms with Crippen molar-refractivity contribution in [1.82, 2.24) is 14.6 Å². The van der Waals surface area contributed by atoms with Gasteiger partial charge in [-0.05, 0) is 30.7 Å². The van der Waals surface area contributed by atoms with Gasteiger partial charge in [0.05, 0.1) is 13.2 Å². The van der Waals surface area contributed by atoms with Gasteiger partial charge in [-0.3, -0.25) is 23.6 Å². The third-order valence-electron chi connectivity index (χ3n) is 3.69. The van der Waals surface area contributed by atoms with Crippen LogP contribution in [0.4, 0.5) is 11.5 Å². The van der Waals surface area contributed by atoms with Crippen molar-refractivity contribution in [1.29, 1.82) is 0 Å². The number of carbonyl (C=O) groups is 1. The summed E-state index contributed by atoms with van der Waals surface area (Å²) < 4.78 is 2.87. The number of carbonyl (C=O) groups excluding carboxylic acids is 1. The first-order valence-corrected chi connectivity index (χ1v) is 8.43. The van der Waals surface area contributed by atoms with Gasteiger partial charge in [0.25, 0.3) is 11.5 Å². The van der Waals surface area contributed by atoms with Gasteiger partial charge in [-0.2, -0.15) is 0 Å². The van der Waals surface area contributed by atoms with Gasteiger partial charge >= 0.3 is 5.69 Å². The van der Waals surface area contributed by atoms with E-state index < -0.39 is 17.2 Å². The number of hydrogen-bond donors (Lipinski definition) is 3. The lowest BCUT2D eigenvalue weighted by Gasteiger charge is -2.17. The van der Waals surface area contributed by atoms with E-state index in [2.05, 4.69) is 26.7 Å². The maximum absolute atomic E-state index is 12.5. The summed E-state index contributed by atoms with van der Waals surface area (Å²) in [4.78, 5) is 42.0. The molecule has 0 radical (unpaired) electrons. The van der Waals surface area contributed by atoms with E-state index in [1.165, 1.54) is 18.7 Å². The molecule has 10 heteroatoms. The van der Waals surface area contributed by atoms with Crippen LogP contribution in [0.15, 0.2) is 32.3 Å². The molecular formula is C16H19BrN4O5. The minimum Gasteiger partial charge on any atom is -0.394 e. The first-order valence-electron chi connectivity index (χ1n) is 7.64. The summed E-state index contributed by atoms with van der Waals surface area (Å²) in [7, 11) is 2.73. The molecule has 0 saturated heterocycles. The summed E-state index contributed by atoms with van der Waals surface area (Å²) >= 11 is 3.36. The largest absolute Gasteiger partial charge is 0.394 e. The van der Waals surface area contributed by atoms with Crippen molar-refractivity contribution in [2.24, 2.45) is 14.1 Å². The van der Waals surface area contributed by atoms with Crippen LogP contribution < -0.4 is 22.0 Å². The number of rotatable bonds is 6. The highest BCUT2D eigenvalue weighted by Crippen LogP contribution is 2.24. The molecule has 2 aromatic rings. The van der Waals surface area contributed by atoms with Crippen molar-refractivity contribution in [2.75, 3.05) is 18.5 Å². The molecule has 3 N–H and O–H groups in total. The molecule has 140 valence electrons. The Morgan fingerprint density at radius 1 is 1.27 bits per heavy atom. The zero-order chi connectivity index (χ0) is 19.4. The number of hydrogen-bond acceptors (Lipinski definition) is 6. The molecule has 1 heterocycles. The molecule has 26 heavy (non-hydrogen) atoms. The Morgan fingerprint density at radius 3 is 2.58 bits per heavy atom. The number of anilines is 2. The second kappa shape index (κ2) is 8.30. The molecule has 0 aliphatic heterocycles. The number of aliphatic hydroxyl groups is 1. The van der Waals surface area contributed by atoms with E-state index in [1.807, 2.05) is 13.0 Å². The summed E-state index contributed by atoms with van der Waals surface area (Å²) in [5.41, 5.74) is 1.93. The normalized spacial score (nSPS) is 10.7. The quantitative estimate of drug-likeness (QED) is 0.459. The Hall–Kier alpha value is -2.43. The van der Waals surface area contributed by atoms with E-state index in [0.29, 0.717) is 5.69 Å². The van der Waals surface area contributed by atoms with Gasteiger partial charge in [0.2, 0.25) is 0 Å². The molecule has 0 saturated carbocycles. The molecule has 0 spiro atoms. The van der Waals surface area contributed by atoms with Crippen LogP contribution >= 0.6 is 15.9 Å². The maximum Gasteiger partial charge on any atom is 0.332 e. The summed E-state index contributed by atoms with van der Waals surface area (Å²) in [5, 5.41) is 11.7. The molecule has 9 nitrogen and oxygen atoms in total. The van der Waals surface area contributed by atoms with Crippen LogP contribution in [0, 0.1) is 6.92 Å². The molecular weight excluding hydrogens is 408 g/mol. The number of benzene rings is 1. The SMILES string of the molecule is Cc1cc(Br)ccc1Nc1c(C(=O)NOCCO)c(=O)n(C)c(=O)n1C. The summed E-state index contributed by atoms with van der Waals surface area (Å²) in [6.45, 7) is 1.41. The van der Waals surface area contributed by atoms with E-state index in [4.69, 9.17) is 9.94 Å². The average molecular weight is 427 g/mol. The van der Waals surface area contributed by atoms with Crippen LogP contribution in [0.25, 0.3) is 0 Å². The van der Waals surface area contributed by atoms with E-state index in [9.17, 15) is 14.4 Å². The summed E-state index contributed by atoms with van der Waals surface area (Å²) in [6.07, 6.45) is 0. The minimum atomic E-state index is -0.827. The molecule has 1 aromatic heterocycles. The number of nitrogens with zero attached hydrogens (tertiary/aromatic N) is 2. The lowest BCUT2D eigenvalue weighted by atomic mass is 10.2. The summed E-state index contributed by atoms with van der Waals surface area (Å²) in [6, 6.07) is 5.40. The fourth-order valence-corrected chi connectivity index (χ4v) is 2.78. The number of halogens is 1. The molecule has 0 unspecified atom stereocenters. The van der Waals surface area contributed by atoms with Crippen molar-refractivity contribution in [3.63, 3.8) is 0 Å². The zero-order valence-corrected chi connectivity index (χ0v) is 16.1.